The van der Waals surface area contributed by atoms with E-state index in [1.807, 2.05) is 56.5 Å². The maximum atomic E-state index is 13.9. The van der Waals surface area contributed by atoms with Crippen LogP contribution in [0.1, 0.15) is 49.5 Å². The van der Waals surface area contributed by atoms with Gasteiger partial charge in [-0.05, 0) is 36.0 Å². The molecule has 0 bridgehead atoms. The van der Waals surface area contributed by atoms with Gasteiger partial charge < -0.3 is 15.1 Å². The Morgan fingerprint density at radius 2 is 1.92 bits per heavy atom. The number of pyridine rings is 1. The number of rotatable bonds is 6. The lowest BCUT2D eigenvalue weighted by molar-refractivity contribution is -0.138. The highest BCUT2D eigenvalue weighted by Gasteiger charge is 2.52. The predicted molar refractivity (Wildman–Crippen MR) is 146 cm³/mol. The molecule has 4 heterocycles. The fourth-order valence-corrected chi connectivity index (χ4v) is 6.51. The first-order chi connectivity index (χ1) is 18.1. The largest absolute Gasteiger partial charge is 0.340 e. The number of hydrogen-bond acceptors (Lipinski definition) is 6. The molecule has 3 atom stereocenters. The zero-order valence-corrected chi connectivity index (χ0v) is 22.7. The van der Waals surface area contributed by atoms with E-state index in [0.717, 1.165) is 15.6 Å². The first-order valence-electron chi connectivity index (χ1n) is 12.9. The number of amides is 3. The lowest BCUT2D eigenvalue weighted by atomic mass is 9.87. The van der Waals surface area contributed by atoms with Gasteiger partial charge in [-0.3, -0.25) is 24.2 Å². The monoisotopic (exact) mass is 532 g/mol. The molecule has 3 amide bonds. The molecular formula is C29H32N4O4S. The lowest BCUT2D eigenvalue weighted by Gasteiger charge is -2.31. The Bertz CT molecular complexity index is 1380. The van der Waals surface area contributed by atoms with Gasteiger partial charge in [0.15, 0.2) is 5.78 Å². The normalized spacial score (nSPS) is 20.0. The zero-order valence-electron chi connectivity index (χ0n) is 21.8. The van der Waals surface area contributed by atoms with Crippen molar-refractivity contribution in [3.63, 3.8) is 0 Å². The summed E-state index contributed by atoms with van der Waals surface area (Å²) in [4.78, 5) is 60.7. The summed E-state index contributed by atoms with van der Waals surface area (Å²) in [5, 5.41) is 5.65. The molecule has 2 saturated heterocycles. The van der Waals surface area contributed by atoms with Gasteiger partial charge in [0, 0.05) is 34.4 Å². The number of ketones is 1. The van der Waals surface area contributed by atoms with Crippen LogP contribution in [-0.4, -0.2) is 69.5 Å². The van der Waals surface area contributed by atoms with Gasteiger partial charge in [-0.2, -0.15) is 0 Å². The van der Waals surface area contributed by atoms with Crippen LogP contribution < -0.4 is 5.32 Å². The van der Waals surface area contributed by atoms with Crippen molar-refractivity contribution in [2.45, 2.75) is 58.2 Å². The Hall–Kier alpha value is -3.59. The van der Waals surface area contributed by atoms with E-state index in [0.29, 0.717) is 24.9 Å². The van der Waals surface area contributed by atoms with Crippen LogP contribution in [0.4, 0.5) is 0 Å². The molecule has 9 heteroatoms. The summed E-state index contributed by atoms with van der Waals surface area (Å²) in [6.07, 6.45) is 4.42. The van der Waals surface area contributed by atoms with E-state index in [4.69, 9.17) is 0 Å². The van der Waals surface area contributed by atoms with Crippen molar-refractivity contribution >= 4 is 44.9 Å². The van der Waals surface area contributed by atoms with Crippen LogP contribution in [0.25, 0.3) is 10.1 Å². The summed E-state index contributed by atoms with van der Waals surface area (Å²) in [6.45, 7) is 6.42. The molecule has 2 aliphatic rings. The SMILES string of the molecule is CC(C)(C)CC(NC(=O)c1csc2ccccc12)C(=O)N1CCC2C1C(=O)CN2C(=O)Cc1cccnc1. The number of likely N-dealkylation sites (tertiary alicyclic amines) is 2. The quantitative estimate of drug-likeness (QED) is 0.524. The molecule has 3 unspecified atom stereocenters. The minimum absolute atomic E-state index is 0.00456. The van der Waals surface area contributed by atoms with E-state index in [2.05, 4.69) is 10.3 Å². The number of thiophene rings is 1. The highest BCUT2D eigenvalue weighted by atomic mass is 32.1. The van der Waals surface area contributed by atoms with Crippen LogP contribution in [0, 0.1) is 5.41 Å². The molecule has 3 aromatic rings. The average Bonchev–Trinajstić information content (AvgIpc) is 3.58. The Kier molecular flexibility index (Phi) is 7.05. The number of carbonyl (C=O) groups is 4. The van der Waals surface area contributed by atoms with E-state index in [9.17, 15) is 19.2 Å². The van der Waals surface area contributed by atoms with Crippen LogP contribution >= 0.6 is 11.3 Å². The number of hydrogen-bond donors (Lipinski definition) is 1. The molecule has 1 aromatic carbocycles. The third-order valence-electron chi connectivity index (χ3n) is 7.25. The zero-order chi connectivity index (χ0) is 27.0. The number of benzene rings is 1. The number of aromatic nitrogens is 1. The first-order valence-corrected chi connectivity index (χ1v) is 13.8. The van der Waals surface area contributed by atoms with Gasteiger partial charge >= 0.3 is 0 Å². The second-order valence-electron chi connectivity index (χ2n) is 11.3. The van der Waals surface area contributed by atoms with Gasteiger partial charge in [-0.15, -0.1) is 11.3 Å². The van der Waals surface area contributed by atoms with Crippen molar-refractivity contribution in [2.75, 3.05) is 13.1 Å². The van der Waals surface area contributed by atoms with Crippen LogP contribution in [0.3, 0.4) is 0 Å². The molecule has 1 N–H and O–H groups in total. The van der Waals surface area contributed by atoms with Crippen molar-refractivity contribution in [1.29, 1.82) is 0 Å². The average molecular weight is 533 g/mol. The molecule has 0 spiro atoms. The summed E-state index contributed by atoms with van der Waals surface area (Å²) in [7, 11) is 0. The Morgan fingerprint density at radius 3 is 2.66 bits per heavy atom. The van der Waals surface area contributed by atoms with Crippen molar-refractivity contribution in [2.24, 2.45) is 5.41 Å². The number of nitrogens with one attached hydrogen (secondary N) is 1. The van der Waals surface area contributed by atoms with Gasteiger partial charge in [-0.25, -0.2) is 0 Å². The molecule has 0 aliphatic carbocycles. The fraction of sp³-hybridized carbons (Fsp3) is 0.414. The van der Waals surface area contributed by atoms with E-state index in [-0.39, 0.29) is 47.9 Å². The van der Waals surface area contributed by atoms with E-state index in [1.54, 1.807) is 28.3 Å². The molecule has 0 saturated carbocycles. The lowest BCUT2D eigenvalue weighted by Crippen LogP contribution is -2.53. The van der Waals surface area contributed by atoms with Gasteiger partial charge in [0.1, 0.15) is 12.1 Å². The van der Waals surface area contributed by atoms with E-state index in [1.165, 1.54) is 11.3 Å². The van der Waals surface area contributed by atoms with Crippen LogP contribution in [-0.2, 0) is 20.8 Å². The Balaban J connectivity index is 1.34. The maximum absolute atomic E-state index is 13.9. The Morgan fingerprint density at radius 1 is 1.13 bits per heavy atom. The molecular weight excluding hydrogens is 500 g/mol. The molecule has 38 heavy (non-hydrogen) atoms. The number of fused-ring (bicyclic) bond motifs is 2. The summed E-state index contributed by atoms with van der Waals surface area (Å²) < 4.78 is 1.01. The second-order valence-corrected chi connectivity index (χ2v) is 12.2. The molecule has 0 radical (unpaired) electrons. The second kappa shape index (κ2) is 10.3. The van der Waals surface area contributed by atoms with Crippen LogP contribution in [0.2, 0.25) is 0 Å². The van der Waals surface area contributed by atoms with E-state index < -0.39 is 12.1 Å². The predicted octanol–water partition coefficient (Wildman–Crippen LogP) is 3.45. The van der Waals surface area contributed by atoms with Gasteiger partial charge in [0.05, 0.1) is 24.6 Å². The smallest absolute Gasteiger partial charge is 0.253 e. The fourth-order valence-electron chi connectivity index (χ4n) is 5.57. The number of Topliss-reactive ketones (excluding diaryl/α,β-unsaturated/α-hetero) is 1. The third-order valence-corrected chi connectivity index (χ3v) is 8.21. The standard InChI is InChI=1S/C29H32N4O4S/c1-29(2,3)14-21(31-27(36)20-17-38-24-9-5-4-8-19(20)24)28(37)32-12-10-22-26(32)23(34)16-33(22)25(35)13-18-7-6-11-30-15-18/h4-9,11,15,17,21-22,26H,10,12-14,16H2,1-3H3,(H,31,36). The molecule has 2 aromatic heterocycles. The summed E-state index contributed by atoms with van der Waals surface area (Å²) in [5.41, 5.74) is 1.09. The minimum Gasteiger partial charge on any atom is -0.340 e. The molecule has 2 aliphatic heterocycles. The van der Waals surface area contributed by atoms with Crippen LogP contribution in [0.5, 0.6) is 0 Å². The summed E-state index contributed by atoms with van der Waals surface area (Å²) in [6, 6.07) is 9.49. The maximum Gasteiger partial charge on any atom is 0.253 e. The number of carbonyl (C=O) groups excluding carboxylic acids is 4. The van der Waals surface area contributed by atoms with Crippen molar-refractivity contribution < 1.29 is 19.2 Å². The highest BCUT2D eigenvalue weighted by Crippen LogP contribution is 2.32. The van der Waals surface area contributed by atoms with Gasteiger partial charge in [0.2, 0.25) is 11.8 Å². The third kappa shape index (κ3) is 5.20. The summed E-state index contributed by atoms with van der Waals surface area (Å²) in [5.74, 6) is -0.843. The van der Waals surface area contributed by atoms with Gasteiger partial charge in [0.25, 0.3) is 5.91 Å². The molecule has 198 valence electrons. The van der Waals surface area contributed by atoms with Crippen molar-refractivity contribution in [1.82, 2.24) is 20.1 Å². The van der Waals surface area contributed by atoms with E-state index >= 15 is 0 Å². The number of nitrogens with zero attached hydrogens (tertiary/aromatic N) is 3. The summed E-state index contributed by atoms with van der Waals surface area (Å²) >= 11 is 1.49. The molecule has 2 fully saturated rings. The van der Waals surface area contributed by atoms with Gasteiger partial charge in [-0.1, -0.05) is 45.0 Å². The minimum atomic E-state index is -0.784. The topological polar surface area (TPSA) is 99.7 Å². The molecule has 8 nitrogen and oxygen atoms in total. The first kappa shape index (κ1) is 26.0. The van der Waals surface area contributed by atoms with Crippen LogP contribution in [0.15, 0.2) is 54.2 Å². The van der Waals surface area contributed by atoms with Crippen molar-refractivity contribution in [3.8, 4) is 0 Å². The highest BCUT2D eigenvalue weighted by molar-refractivity contribution is 7.17. The Labute approximate surface area is 226 Å². The van der Waals surface area contributed by atoms with Crippen molar-refractivity contribution in [3.05, 3.63) is 65.3 Å². The molecule has 5 rings (SSSR count).